The SMILES string of the molecule is CN1N=C(c2ccc(Br)cc2Cl)CC1=O. The first kappa shape index (κ1) is 10.6. The summed E-state index contributed by atoms with van der Waals surface area (Å²) < 4.78 is 0.912. The first-order chi connectivity index (χ1) is 7.08. The van der Waals surface area contributed by atoms with E-state index in [0.717, 1.165) is 15.7 Å². The lowest BCUT2D eigenvalue weighted by Crippen LogP contribution is -2.14. The van der Waals surface area contributed by atoms with Gasteiger partial charge in [-0.1, -0.05) is 33.6 Å². The van der Waals surface area contributed by atoms with Gasteiger partial charge in [-0.25, -0.2) is 5.01 Å². The Morgan fingerprint density at radius 2 is 2.27 bits per heavy atom. The summed E-state index contributed by atoms with van der Waals surface area (Å²) in [5.41, 5.74) is 1.54. The molecule has 78 valence electrons. The van der Waals surface area contributed by atoms with Gasteiger partial charge in [-0.05, 0) is 12.1 Å². The van der Waals surface area contributed by atoms with Crippen molar-refractivity contribution in [2.75, 3.05) is 7.05 Å². The number of hydrogen-bond acceptors (Lipinski definition) is 2. The molecular weight excluding hydrogens is 279 g/mol. The summed E-state index contributed by atoms with van der Waals surface area (Å²) in [7, 11) is 1.64. The van der Waals surface area contributed by atoms with E-state index in [9.17, 15) is 4.79 Å². The molecule has 0 aliphatic carbocycles. The molecule has 3 nitrogen and oxygen atoms in total. The number of carbonyl (C=O) groups excluding carboxylic acids is 1. The number of halogens is 2. The first-order valence-corrected chi connectivity index (χ1v) is 5.54. The molecule has 0 spiro atoms. The monoisotopic (exact) mass is 286 g/mol. The maximum absolute atomic E-state index is 11.3. The van der Waals surface area contributed by atoms with E-state index in [4.69, 9.17) is 11.6 Å². The van der Waals surface area contributed by atoms with Crippen molar-refractivity contribution < 1.29 is 4.79 Å². The van der Waals surface area contributed by atoms with Gasteiger partial charge in [-0.3, -0.25) is 4.79 Å². The van der Waals surface area contributed by atoms with Crippen molar-refractivity contribution in [3.8, 4) is 0 Å². The number of hydrazone groups is 1. The molecule has 1 aromatic rings. The minimum Gasteiger partial charge on any atom is -0.273 e. The molecule has 0 atom stereocenters. The number of carbonyl (C=O) groups is 1. The van der Waals surface area contributed by atoms with Gasteiger partial charge in [0, 0.05) is 17.1 Å². The zero-order valence-corrected chi connectivity index (χ0v) is 10.3. The van der Waals surface area contributed by atoms with Crippen LogP contribution < -0.4 is 0 Å². The van der Waals surface area contributed by atoms with E-state index in [-0.39, 0.29) is 5.91 Å². The third-order valence-corrected chi connectivity index (χ3v) is 3.00. The minimum atomic E-state index is -0.0102. The lowest BCUT2D eigenvalue weighted by Gasteiger charge is -2.02. The Morgan fingerprint density at radius 1 is 1.53 bits per heavy atom. The van der Waals surface area contributed by atoms with Crippen LogP contribution in [0.2, 0.25) is 5.02 Å². The van der Waals surface area contributed by atoms with Crippen LogP contribution in [-0.2, 0) is 4.79 Å². The normalized spacial score (nSPS) is 15.8. The molecule has 1 amide bonds. The molecule has 5 heteroatoms. The first-order valence-electron chi connectivity index (χ1n) is 4.37. The molecule has 1 aliphatic rings. The number of amides is 1. The van der Waals surface area contributed by atoms with Crippen LogP contribution in [0, 0.1) is 0 Å². The second-order valence-electron chi connectivity index (χ2n) is 3.26. The van der Waals surface area contributed by atoms with E-state index < -0.39 is 0 Å². The van der Waals surface area contributed by atoms with Gasteiger partial charge >= 0.3 is 0 Å². The van der Waals surface area contributed by atoms with E-state index in [2.05, 4.69) is 21.0 Å². The Balaban J connectivity index is 2.39. The van der Waals surface area contributed by atoms with Gasteiger partial charge in [-0.15, -0.1) is 0 Å². The number of hydrogen-bond donors (Lipinski definition) is 0. The van der Waals surface area contributed by atoms with Gasteiger partial charge < -0.3 is 0 Å². The van der Waals surface area contributed by atoms with Gasteiger partial charge in [0.05, 0.1) is 17.2 Å². The molecule has 1 aromatic carbocycles. The van der Waals surface area contributed by atoms with Crippen LogP contribution in [0.25, 0.3) is 0 Å². The number of nitrogens with zero attached hydrogens (tertiary/aromatic N) is 2. The summed E-state index contributed by atoms with van der Waals surface area (Å²) in [6.07, 6.45) is 0.317. The van der Waals surface area contributed by atoms with Crippen LogP contribution in [0.3, 0.4) is 0 Å². The summed E-state index contributed by atoms with van der Waals surface area (Å²) in [5, 5.41) is 6.07. The molecule has 2 rings (SSSR count). The molecule has 1 heterocycles. The lowest BCUT2D eigenvalue weighted by molar-refractivity contribution is -0.127. The molecule has 0 saturated heterocycles. The van der Waals surface area contributed by atoms with Gasteiger partial charge in [0.2, 0.25) is 5.91 Å². The maximum atomic E-state index is 11.3. The van der Waals surface area contributed by atoms with Gasteiger partial charge in [0.15, 0.2) is 0 Å². The summed E-state index contributed by atoms with van der Waals surface area (Å²) in [6.45, 7) is 0. The Bertz CT molecular complexity index is 459. The third kappa shape index (κ3) is 2.06. The van der Waals surface area contributed by atoms with E-state index >= 15 is 0 Å². The van der Waals surface area contributed by atoms with Crippen LogP contribution in [0.5, 0.6) is 0 Å². The molecule has 0 aromatic heterocycles. The number of rotatable bonds is 1. The van der Waals surface area contributed by atoms with E-state index in [0.29, 0.717) is 11.4 Å². The Labute approximate surface area is 101 Å². The highest BCUT2D eigenvalue weighted by molar-refractivity contribution is 9.10. The van der Waals surface area contributed by atoms with Crippen molar-refractivity contribution in [1.29, 1.82) is 0 Å². The highest BCUT2D eigenvalue weighted by Crippen LogP contribution is 2.24. The summed E-state index contributed by atoms with van der Waals surface area (Å²) >= 11 is 9.39. The van der Waals surface area contributed by atoms with Crippen molar-refractivity contribution >= 4 is 39.1 Å². The minimum absolute atomic E-state index is 0.0102. The Kier molecular flexibility index (Phi) is 2.80. The van der Waals surface area contributed by atoms with Crippen molar-refractivity contribution in [3.05, 3.63) is 33.3 Å². The average molecular weight is 288 g/mol. The quantitative estimate of drug-likeness (QED) is 0.781. The smallest absolute Gasteiger partial charge is 0.248 e. The molecule has 0 fully saturated rings. The summed E-state index contributed by atoms with van der Waals surface area (Å²) in [4.78, 5) is 11.3. The molecule has 0 N–H and O–H groups in total. The fourth-order valence-corrected chi connectivity index (χ4v) is 2.18. The molecule has 0 saturated carbocycles. The second-order valence-corrected chi connectivity index (χ2v) is 4.59. The largest absolute Gasteiger partial charge is 0.273 e. The number of benzene rings is 1. The molecule has 0 unspecified atom stereocenters. The zero-order valence-electron chi connectivity index (χ0n) is 8.00. The van der Waals surface area contributed by atoms with Crippen molar-refractivity contribution in [2.45, 2.75) is 6.42 Å². The predicted molar refractivity (Wildman–Crippen MR) is 63.1 cm³/mol. The topological polar surface area (TPSA) is 32.7 Å². The van der Waals surface area contributed by atoms with E-state index in [1.54, 1.807) is 13.1 Å². The maximum Gasteiger partial charge on any atom is 0.248 e. The Hall–Kier alpha value is -0.870. The van der Waals surface area contributed by atoms with E-state index in [1.807, 2.05) is 12.1 Å². The molecule has 0 radical (unpaired) electrons. The van der Waals surface area contributed by atoms with Gasteiger partial charge in [-0.2, -0.15) is 5.10 Å². The highest BCUT2D eigenvalue weighted by Gasteiger charge is 2.22. The standard InChI is InChI=1S/C10H8BrClN2O/c1-14-10(15)5-9(13-14)7-3-2-6(11)4-8(7)12/h2-4H,5H2,1H3. The fourth-order valence-electron chi connectivity index (χ4n) is 1.40. The lowest BCUT2D eigenvalue weighted by atomic mass is 10.1. The molecule has 15 heavy (non-hydrogen) atoms. The Morgan fingerprint density at radius 3 is 2.80 bits per heavy atom. The predicted octanol–water partition coefficient (Wildman–Crippen LogP) is 2.67. The fraction of sp³-hybridized carbons (Fsp3) is 0.200. The van der Waals surface area contributed by atoms with Crippen molar-refractivity contribution in [1.82, 2.24) is 5.01 Å². The van der Waals surface area contributed by atoms with Gasteiger partial charge in [0.1, 0.15) is 0 Å². The highest BCUT2D eigenvalue weighted by atomic mass is 79.9. The summed E-state index contributed by atoms with van der Waals surface area (Å²) in [5.74, 6) is -0.0102. The van der Waals surface area contributed by atoms with Crippen molar-refractivity contribution in [3.63, 3.8) is 0 Å². The van der Waals surface area contributed by atoms with Crippen LogP contribution in [-0.4, -0.2) is 23.7 Å². The zero-order chi connectivity index (χ0) is 11.0. The molecule has 0 bridgehead atoms. The van der Waals surface area contributed by atoms with Gasteiger partial charge in [0.25, 0.3) is 0 Å². The second kappa shape index (κ2) is 3.94. The van der Waals surface area contributed by atoms with Crippen LogP contribution in [0.1, 0.15) is 12.0 Å². The van der Waals surface area contributed by atoms with Crippen LogP contribution >= 0.6 is 27.5 Å². The van der Waals surface area contributed by atoms with Crippen LogP contribution in [0.15, 0.2) is 27.8 Å². The summed E-state index contributed by atoms with van der Waals surface area (Å²) in [6, 6.07) is 5.53. The molecular formula is C10H8BrClN2O. The molecule has 1 aliphatic heterocycles. The van der Waals surface area contributed by atoms with E-state index in [1.165, 1.54) is 5.01 Å². The van der Waals surface area contributed by atoms with Crippen LogP contribution in [0.4, 0.5) is 0 Å². The average Bonchev–Trinajstić information content (AvgIpc) is 2.46. The van der Waals surface area contributed by atoms with Crippen molar-refractivity contribution in [2.24, 2.45) is 5.10 Å². The third-order valence-electron chi connectivity index (χ3n) is 2.19.